The lowest BCUT2D eigenvalue weighted by Crippen LogP contribution is -2.20. The highest BCUT2D eigenvalue weighted by Crippen LogP contribution is 2.01. The molecule has 0 saturated carbocycles. The van der Waals surface area contributed by atoms with E-state index in [1.165, 1.54) is 25.8 Å². The van der Waals surface area contributed by atoms with Gasteiger partial charge in [0.1, 0.15) is 0 Å². The molecule has 1 rings (SSSR count). The first-order chi connectivity index (χ1) is 6.39. The van der Waals surface area contributed by atoms with Crippen LogP contribution in [0.1, 0.15) is 47.0 Å². The lowest BCUT2D eigenvalue weighted by Gasteiger charge is -2.15. The van der Waals surface area contributed by atoms with Crippen molar-refractivity contribution in [1.29, 1.82) is 0 Å². The summed E-state index contributed by atoms with van der Waals surface area (Å²) >= 11 is 0. The molecule has 0 unspecified atom stereocenters. The second-order valence-electron chi connectivity index (χ2n) is 2.73. The van der Waals surface area contributed by atoms with Crippen molar-refractivity contribution in [3.05, 3.63) is 12.2 Å². The largest absolute Gasteiger partial charge is 0.303 e. The summed E-state index contributed by atoms with van der Waals surface area (Å²) in [6.45, 7) is 10.4. The highest BCUT2D eigenvalue weighted by molar-refractivity contribution is 4.85. The van der Waals surface area contributed by atoms with Crippen LogP contribution in [0, 0.1) is 0 Å². The normalized spacial score (nSPS) is 19.5. The predicted octanol–water partition coefficient (Wildman–Crippen LogP) is 3.71. The Hall–Kier alpha value is -0.300. The van der Waals surface area contributed by atoms with Gasteiger partial charge < -0.3 is 4.90 Å². The third kappa shape index (κ3) is 11.7. The SMILES string of the molecule is CC.CC.CN1C/C=C\CCCC1. The molecule has 0 atom stereocenters. The molecule has 0 bridgehead atoms. The van der Waals surface area contributed by atoms with E-state index in [0.29, 0.717) is 0 Å². The lowest BCUT2D eigenvalue weighted by molar-refractivity contribution is 0.355. The molecule has 1 nitrogen and oxygen atoms in total. The zero-order valence-corrected chi connectivity index (χ0v) is 10.1. The fraction of sp³-hybridized carbons (Fsp3) is 0.833. The molecule has 0 spiro atoms. The monoisotopic (exact) mass is 185 g/mol. The highest BCUT2D eigenvalue weighted by Gasteiger charge is 1.96. The van der Waals surface area contributed by atoms with Crippen LogP contribution >= 0.6 is 0 Å². The summed E-state index contributed by atoms with van der Waals surface area (Å²) in [7, 11) is 2.18. The van der Waals surface area contributed by atoms with E-state index in [1.54, 1.807) is 0 Å². The van der Waals surface area contributed by atoms with E-state index in [-0.39, 0.29) is 0 Å². The van der Waals surface area contributed by atoms with Gasteiger partial charge in [0.2, 0.25) is 0 Å². The second-order valence-corrected chi connectivity index (χ2v) is 2.73. The number of hydrogen-bond acceptors (Lipinski definition) is 1. The Kier molecular flexibility index (Phi) is 16.6. The Bertz CT molecular complexity index is 97.3. The van der Waals surface area contributed by atoms with Gasteiger partial charge in [0.15, 0.2) is 0 Å². The van der Waals surface area contributed by atoms with Gasteiger partial charge in [0, 0.05) is 6.54 Å². The fourth-order valence-corrected chi connectivity index (χ4v) is 1.11. The molecule has 0 aromatic carbocycles. The maximum Gasteiger partial charge on any atom is 0.0160 e. The van der Waals surface area contributed by atoms with Crippen molar-refractivity contribution in [2.75, 3.05) is 20.1 Å². The summed E-state index contributed by atoms with van der Waals surface area (Å²) in [5.74, 6) is 0. The van der Waals surface area contributed by atoms with Crippen LogP contribution in [-0.4, -0.2) is 25.0 Å². The van der Waals surface area contributed by atoms with E-state index < -0.39 is 0 Å². The fourth-order valence-electron chi connectivity index (χ4n) is 1.11. The van der Waals surface area contributed by atoms with Gasteiger partial charge in [-0.2, -0.15) is 0 Å². The Morgan fingerprint density at radius 3 is 2.15 bits per heavy atom. The second kappa shape index (κ2) is 14.2. The molecule has 0 aliphatic carbocycles. The maximum absolute atomic E-state index is 2.36. The summed E-state index contributed by atoms with van der Waals surface area (Å²) in [6, 6.07) is 0. The molecule has 0 N–H and O–H groups in total. The summed E-state index contributed by atoms with van der Waals surface area (Å²) in [5.41, 5.74) is 0. The number of allylic oxidation sites excluding steroid dienone is 1. The molecule has 1 aliphatic heterocycles. The molecule has 80 valence electrons. The molecule has 1 heterocycles. The first-order valence-corrected chi connectivity index (χ1v) is 5.73. The Morgan fingerprint density at radius 1 is 0.923 bits per heavy atom. The molecule has 0 fully saturated rings. The van der Waals surface area contributed by atoms with E-state index in [0.717, 1.165) is 6.54 Å². The van der Waals surface area contributed by atoms with Crippen molar-refractivity contribution in [2.45, 2.75) is 47.0 Å². The standard InChI is InChI=1S/C8H15N.2C2H6/c1-9-7-5-3-2-4-6-8-9;2*1-2/h3,5H,2,4,6-8H2,1H3;2*1-2H3/b5-3-;;. The number of hydrogen-bond donors (Lipinski definition) is 0. The number of likely N-dealkylation sites (N-methyl/N-ethyl adjacent to an activating group) is 1. The first-order valence-electron chi connectivity index (χ1n) is 5.73. The topological polar surface area (TPSA) is 3.24 Å². The quantitative estimate of drug-likeness (QED) is 0.520. The van der Waals surface area contributed by atoms with Crippen molar-refractivity contribution < 1.29 is 0 Å². The van der Waals surface area contributed by atoms with E-state index in [9.17, 15) is 0 Å². The third-order valence-electron chi connectivity index (χ3n) is 1.74. The molecule has 0 radical (unpaired) electrons. The van der Waals surface area contributed by atoms with Crippen LogP contribution in [0.15, 0.2) is 12.2 Å². The number of rotatable bonds is 0. The van der Waals surface area contributed by atoms with Crippen LogP contribution in [0.25, 0.3) is 0 Å². The minimum Gasteiger partial charge on any atom is -0.303 e. The third-order valence-corrected chi connectivity index (χ3v) is 1.74. The highest BCUT2D eigenvalue weighted by atomic mass is 15.1. The van der Waals surface area contributed by atoms with Gasteiger partial charge in [-0.3, -0.25) is 0 Å². The predicted molar refractivity (Wildman–Crippen MR) is 63.2 cm³/mol. The van der Waals surface area contributed by atoms with Gasteiger partial charge in [-0.15, -0.1) is 0 Å². The van der Waals surface area contributed by atoms with Crippen molar-refractivity contribution in [3.8, 4) is 0 Å². The average molecular weight is 185 g/mol. The molecule has 0 aromatic heterocycles. The van der Waals surface area contributed by atoms with E-state index >= 15 is 0 Å². The van der Waals surface area contributed by atoms with Crippen molar-refractivity contribution in [1.82, 2.24) is 4.90 Å². The van der Waals surface area contributed by atoms with Crippen molar-refractivity contribution >= 4 is 0 Å². The number of nitrogens with zero attached hydrogens (tertiary/aromatic N) is 1. The van der Waals surface area contributed by atoms with Crippen LogP contribution in [0.4, 0.5) is 0 Å². The summed E-state index contributed by atoms with van der Waals surface area (Å²) < 4.78 is 0. The van der Waals surface area contributed by atoms with Crippen LogP contribution < -0.4 is 0 Å². The molecular weight excluding hydrogens is 158 g/mol. The van der Waals surface area contributed by atoms with E-state index in [4.69, 9.17) is 0 Å². The minimum absolute atomic E-state index is 1.14. The molecule has 1 aliphatic rings. The molecule has 0 saturated heterocycles. The van der Waals surface area contributed by atoms with Crippen LogP contribution in [0.5, 0.6) is 0 Å². The molecule has 0 aromatic rings. The molecule has 0 amide bonds. The maximum atomic E-state index is 2.36. The van der Waals surface area contributed by atoms with Gasteiger partial charge in [0.25, 0.3) is 0 Å². The van der Waals surface area contributed by atoms with Gasteiger partial charge in [-0.05, 0) is 32.9 Å². The summed E-state index contributed by atoms with van der Waals surface area (Å²) in [4.78, 5) is 2.36. The van der Waals surface area contributed by atoms with Crippen LogP contribution in [0.3, 0.4) is 0 Å². The Balaban J connectivity index is 0. The molecular formula is C12H27N. The van der Waals surface area contributed by atoms with Crippen molar-refractivity contribution in [2.24, 2.45) is 0 Å². The summed E-state index contributed by atoms with van der Waals surface area (Å²) in [5, 5.41) is 0. The zero-order valence-electron chi connectivity index (χ0n) is 10.1. The molecule has 1 heteroatoms. The van der Waals surface area contributed by atoms with Gasteiger partial charge in [0.05, 0.1) is 0 Å². The van der Waals surface area contributed by atoms with Crippen LogP contribution in [0.2, 0.25) is 0 Å². The minimum atomic E-state index is 1.14. The lowest BCUT2D eigenvalue weighted by atomic mass is 10.2. The van der Waals surface area contributed by atoms with Gasteiger partial charge >= 0.3 is 0 Å². The van der Waals surface area contributed by atoms with E-state index in [2.05, 4.69) is 24.1 Å². The Labute approximate surface area is 84.8 Å². The van der Waals surface area contributed by atoms with Crippen LogP contribution in [-0.2, 0) is 0 Å². The average Bonchev–Trinajstić information content (AvgIpc) is 2.18. The smallest absolute Gasteiger partial charge is 0.0160 e. The molecule has 13 heavy (non-hydrogen) atoms. The Morgan fingerprint density at radius 2 is 1.54 bits per heavy atom. The van der Waals surface area contributed by atoms with Gasteiger partial charge in [-0.25, -0.2) is 0 Å². The first kappa shape index (κ1) is 15.2. The van der Waals surface area contributed by atoms with Crippen molar-refractivity contribution in [3.63, 3.8) is 0 Å². The zero-order chi connectivity index (χ0) is 10.5. The summed E-state index contributed by atoms with van der Waals surface area (Å²) in [6.07, 6.45) is 8.56. The van der Waals surface area contributed by atoms with E-state index in [1.807, 2.05) is 27.7 Å². The van der Waals surface area contributed by atoms with Gasteiger partial charge in [-0.1, -0.05) is 39.8 Å².